The molecule has 4 nitrogen and oxygen atoms in total. The summed E-state index contributed by atoms with van der Waals surface area (Å²) in [5, 5.41) is 2.51. The molecule has 0 bridgehead atoms. The number of urea groups is 1. The quantitative estimate of drug-likeness (QED) is 0.894. The van der Waals surface area contributed by atoms with Crippen molar-refractivity contribution >= 4 is 35.3 Å². The summed E-state index contributed by atoms with van der Waals surface area (Å²) in [7, 11) is 0. The molecule has 2 atom stereocenters. The number of halogens is 1. The average molecular weight is 287 g/mol. The highest BCUT2D eigenvalue weighted by atomic mass is 35.5. The molecule has 0 fully saturated rings. The number of carbonyl (C=O) groups excluding carboxylic acids is 2. The van der Waals surface area contributed by atoms with E-state index in [0.717, 1.165) is 5.56 Å². The standard InChI is InChI=1S/C12H15ClN2O2S/c1-7(9-3-5-10(13)6-4-9)18-8(2)11(16)15-12(14)17/h3-8H,1-2H3,(H3,14,15,16,17)/t7-,8-/m0/s1. The first-order valence-corrected chi connectivity index (χ1v) is 6.73. The SMILES string of the molecule is C[C@H](S[C@@H](C)c1ccc(Cl)cc1)C(=O)NC(N)=O. The van der Waals surface area contributed by atoms with E-state index >= 15 is 0 Å². The molecule has 0 saturated heterocycles. The van der Waals surface area contributed by atoms with Crippen LogP contribution >= 0.6 is 23.4 Å². The lowest BCUT2D eigenvalue weighted by atomic mass is 10.2. The molecular formula is C12H15ClN2O2S. The summed E-state index contributed by atoms with van der Waals surface area (Å²) < 4.78 is 0. The predicted molar refractivity (Wildman–Crippen MR) is 74.6 cm³/mol. The van der Waals surface area contributed by atoms with Crippen LogP contribution in [0, 0.1) is 0 Å². The average Bonchev–Trinajstić information content (AvgIpc) is 2.28. The molecule has 0 unspecified atom stereocenters. The highest BCUT2D eigenvalue weighted by Crippen LogP contribution is 2.32. The van der Waals surface area contributed by atoms with Gasteiger partial charge in [0.15, 0.2) is 0 Å². The van der Waals surface area contributed by atoms with E-state index in [0.29, 0.717) is 5.02 Å². The van der Waals surface area contributed by atoms with Gasteiger partial charge in [-0.2, -0.15) is 0 Å². The fourth-order valence-electron chi connectivity index (χ4n) is 1.40. The third-order valence-electron chi connectivity index (χ3n) is 2.36. The Balaban J connectivity index is 2.58. The summed E-state index contributed by atoms with van der Waals surface area (Å²) in [4.78, 5) is 22.1. The predicted octanol–water partition coefficient (Wildman–Crippen LogP) is 2.72. The number of thioether (sulfide) groups is 1. The van der Waals surface area contributed by atoms with Crippen LogP contribution < -0.4 is 11.1 Å². The fraction of sp³-hybridized carbons (Fsp3) is 0.333. The Kier molecular flexibility index (Phi) is 5.50. The number of nitrogens with one attached hydrogen (secondary N) is 1. The summed E-state index contributed by atoms with van der Waals surface area (Å²) in [5.41, 5.74) is 5.97. The molecule has 0 spiro atoms. The second kappa shape index (κ2) is 6.66. The van der Waals surface area contributed by atoms with Crippen LogP contribution in [-0.4, -0.2) is 17.2 Å². The molecule has 0 aliphatic heterocycles. The zero-order valence-electron chi connectivity index (χ0n) is 10.1. The Morgan fingerprint density at radius 3 is 2.33 bits per heavy atom. The van der Waals surface area contributed by atoms with E-state index in [-0.39, 0.29) is 16.4 Å². The molecule has 3 amide bonds. The topological polar surface area (TPSA) is 72.2 Å². The molecule has 0 aliphatic rings. The summed E-state index contributed by atoms with van der Waals surface area (Å²) >= 11 is 7.25. The molecule has 0 saturated carbocycles. The summed E-state index contributed by atoms with van der Waals surface area (Å²) in [6, 6.07) is 6.62. The first-order chi connectivity index (χ1) is 8.40. The minimum atomic E-state index is -0.827. The van der Waals surface area contributed by atoms with E-state index in [4.69, 9.17) is 17.3 Å². The lowest BCUT2D eigenvalue weighted by molar-refractivity contribution is -0.119. The highest BCUT2D eigenvalue weighted by Gasteiger charge is 2.18. The second-order valence-electron chi connectivity index (χ2n) is 3.83. The Bertz CT molecular complexity index is 436. The van der Waals surface area contributed by atoms with E-state index in [1.807, 2.05) is 31.2 Å². The number of nitrogens with two attached hydrogens (primary N) is 1. The van der Waals surface area contributed by atoms with Gasteiger partial charge in [0.25, 0.3) is 0 Å². The van der Waals surface area contributed by atoms with E-state index < -0.39 is 6.03 Å². The summed E-state index contributed by atoms with van der Waals surface area (Å²) in [5.74, 6) is -0.381. The van der Waals surface area contributed by atoms with Gasteiger partial charge in [0.05, 0.1) is 5.25 Å². The molecule has 0 radical (unpaired) electrons. The van der Waals surface area contributed by atoms with Crippen LogP contribution in [0.25, 0.3) is 0 Å². The third kappa shape index (κ3) is 4.58. The van der Waals surface area contributed by atoms with E-state index in [1.54, 1.807) is 6.92 Å². The Morgan fingerprint density at radius 2 is 1.83 bits per heavy atom. The third-order valence-corrected chi connectivity index (χ3v) is 3.92. The van der Waals surface area contributed by atoms with Crippen LogP contribution in [0.4, 0.5) is 4.79 Å². The van der Waals surface area contributed by atoms with E-state index in [9.17, 15) is 9.59 Å². The van der Waals surface area contributed by atoms with Gasteiger partial charge >= 0.3 is 6.03 Å². The van der Waals surface area contributed by atoms with Crippen LogP contribution in [0.1, 0.15) is 24.7 Å². The zero-order chi connectivity index (χ0) is 13.7. The first-order valence-electron chi connectivity index (χ1n) is 5.41. The maximum absolute atomic E-state index is 11.5. The van der Waals surface area contributed by atoms with Crippen molar-refractivity contribution in [3.05, 3.63) is 34.9 Å². The largest absolute Gasteiger partial charge is 0.351 e. The van der Waals surface area contributed by atoms with Gasteiger partial charge in [0.2, 0.25) is 5.91 Å². The van der Waals surface area contributed by atoms with Crippen LogP contribution in [0.2, 0.25) is 5.02 Å². The Labute approximate surface area is 115 Å². The number of imide groups is 1. The molecule has 18 heavy (non-hydrogen) atoms. The van der Waals surface area contributed by atoms with Gasteiger partial charge < -0.3 is 5.73 Å². The number of carbonyl (C=O) groups is 2. The van der Waals surface area contributed by atoms with Crippen molar-refractivity contribution in [1.29, 1.82) is 0 Å². The van der Waals surface area contributed by atoms with Gasteiger partial charge in [-0.05, 0) is 31.5 Å². The smallest absolute Gasteiger partial charge is 0.318 e. The number of amides is 3. The molecule has 1 aromatic carbocycles. The molecule has 98 valence electrons. The molecule has 0 aliphatic carbocycles. The van der Waals surface area contributed by atoms with Crippen molar-refractivity contribution < 1.29 is 9.59 Å². The van der Waals surface area contributed by atoms with Crippen molar-refractivity contribution in [1.82, 2.24) is 5.32 Å². The normalized spacial score (nSPS) is 13.7. The van der Waals surface area contributed by atoms with Crippen molar-refractivity contribution in [3.63, 3.8) is 0 Å². The lowest BCUT2D eigenvalue weighted by Crippen LogP contribution is -2.39. The van der Waals surface area contributed by atoms with Crippen molar-refractivity contribution in [3.8, 4) is 0 Å². The van der Waals surface area contributed by atoms with Gasteiger partial charge in [-0.1, -0.05) is 23.7 Å². The maximum Gasteiger partial charge on any atom is 0.318 e. The maximum atomic E-state index is 11.5. The Hall–Kier alpha value is -1.20. The van der Waals surface area contributed by atoms with Crippen LogP contribution in [0.15, 0.2) is 24.3 Å². The highest BCUT2D eigenvalue weighted by molar-refractivity contribution is 8.00. The Morgan fingerprint density at radius 1 is 1.28 bits per heavy atom. The minimum Gasteiger partial charge on any atom is -0.351 e. The molecule has 0 heterocycles. The van der Waals surface area contributed by atoms with E-state index in [2.05, 4.69) is 5.32 Å². The van der Waals surface area contributed by atoms with Crippen LogP contribution in [-0.2, 0) is 4.79 Å². The number of rotatable bonds is 4. The van der Waals surface area contributed by atoms with Crippen molar-refractivity contribution in [2.24, 2.45) is 5.73 Å². The molecular weight excluding hydrogens is 272 g/mol. The van der Waals surface area contributed by atoms with Crippen LogP contribution in [0.5, 0.6) is 0 Å². The molecule has 1 rings (SSSR count). The molecule has 0 aromatic heterocycles. The monoisotopic (exact) mass is 286 g/mol. The summed E-state index contributed by atoms with van der Waals surface area (Å²) in [6.07, 6.45) is 0. The van der Waals surface area contributed by atoms with Crippen molar-refractivity contribution in [2.45, 2.75) is 24.3 Å². The molecule has 1 aromatic rings. The lowest BCUT2D eigenvalue weighted by Gasteiger charge is -2.16. The minimum absolute atomic E-state index is 0.121. The zero-order valence-corrected chi connectivity index (χ0v) is 11.7. The number of benzene rings is 1. The van der Waals surface area contributed by atoms with Gasteiger partial charge in [0.1, 0.15) is 0 Å². The second-order valence-corrected chi connectivity index (χ2v) is 5.95. The molecule has 6 heteroatoms. The van der Waals surface area contributed by atoms with Gasteiger partial charge in [-0.25, -0.2) is 4.79 Å². The number of primary amides is 1. The van der Waals surface area contributed by atoms with Gasteiger partial charge in [-0.15, -0.1) is 11.8 Å². The van der Waals surface area contributed by atoms with Gasteiger partial charge in [0, 0.05) is 10.3 Å². The number of hydrogen-bond acceptors (Lipinski definition) is 3. The summed E-state index contributed by atoms with van der Waals surface area (Å²) in [6.45, 7) is 3.72. The van der Waals surface area contributed by atoms with Crippen LogP contribution in [0.3, 0.4) is 0 Å². The van der Waals surface area contributed by atoms with Gasteiger partial charge in [-0.3, -0.25) is 10.1 Å². The van der Waals surface area contributed by atoms with Crippen molar-refractivity contribution in [2.75, 3.05) is 0 Å². The number of hydrogen-bond donors (Lipinski definition) is 2. The van der Waals surface area contributed by atoms with E-state index in [1.165, 1.54) is 11.8 Å². The fourth-order valence-corrected chi connectivity index (χ4v) is 2.64. The first kappa shape index (κ1) is 14.9. The molecule has 3 N–H and O–H groups in total.